The SMILES string of the molecule is CC(C)(C)OC(=O)N1CC2CCC(C1)C2Nc1nc2c(Br)cccn2n1. The van der Waals surface area contributed by atoms with Crippen molar-refractivity contribution in [2.45, 2.75) is 45.3 Å². The molecule has 8 heteroatoms. The first kappa shape index (κ1) is 17.6. The molecule has 1 saturated heterocycles. The predicted molar refractivity (Wildman–Crippen MR) is 102 cm³/mol. The van der Waals surface area contributed by atoms with Crippen molar-refractivity contribution in [2.75, 3.05) is 18.4 Å². The lowest BCUT2D eigenvalue weighted by molar-refractivity contribution is 0.0141. The number of hydrogen-bond donors (Lipinski definition) is 1. The molecule has 2 bridgehead atoms. The first-order chi connectivity index (χ1) is 12.3. The Morgan fingerprint density at radius 2 is 2.00 bits per heavy atom. The van der Waals surface area contributed by atoms with Crippen LogP contribution in [0, 0.1) is 11.8 Å². The van der Waals surface area contributed by atoms with Crippen LogP contribution in [-0.2, 0) is 4.74 Å². The number of anilines is 1. The zero-order chi connectivity index (χ0) is 18.5. The van der Waals surface area contributed by atoms with Gasteiger partial charge in [0, 0.05) is 25.3 Å². The molecule has 1 aliphatic heterocycles. The number of nitrogens with zero attached hydrogens (tertiary/aromatic N) is 4. The van der Waals surface area contributed by atoms with Gasteiger partial charge < -0.3 is 15.0 Å². The summed E-state index contributed by atoms with van der Waals surface area (Å²) in [6.07, 6.45) is 3.90. The molecular weight excluding hydrogens is 398 g/mol. The van der Waals surface area contributed by atoms with Crippen molar-refractivity contribution in [1.82, 2.24) is 19.5 Å². The van der Waals surface area contributed by atoms with Gasteiger partial charge in [-0.3, -0.25) is 0 Å². The van der Waals surface area contributed by atoms with Crippen LogP contribution in [-0.4, -0.2) is 50.3 Å². The normalized spacial score (nSPS) is 25.5. The number of likely N-dealkylation sites (tertiary alicyclic amines) is 1. The zero-order valence-corrected chi connectivity index (χ0v) is 16.9. The van der Waals surface area contributed by atoms with Gasteiger partial charge in [0.05, 0.1) is 4.47 Å². The molecule has 0 aromatic carbocycles. The number of pyridine rings is 1. The fourth-order valence-electron chi connectivity index (χ4n) is 4.02. The van der Waals surface area contributed by atoms with Crippen LogP contribution in [0.2, 0.25) is 0 Å². The maximum Gasteiger partial charge on any atom is 0.410 e. The maximum absolute atomic E-state index is 12.4. The van der Waals surface area contributed by atoms with Crippen LogP contribution in [0.25, 0.3) is 5.65 Å². The molecule has 2 aromatic rings. The number of rotatable bonds is 2. The van der Waals surface area contributed by atoms with Crippen molar-refractivity contribution in [3.05, 3.63) is 22.8 Å². The number of carbonyl (C=O) groups excluding carboxylic acids is 1. The van der Waals surface area contributed by atoms with E-state index in [0.717, 1.165) is 36.1 Å². The standard InChI is InChI=1S/C18H24BrN5O2/c1-18(2,3)26-17(25)23-9-11-6-7-12(10-23)14(11)20-16-21-15-13(19)5-4-8-24(15)22-16/h4-5,8,11-12,14H,6-7,9-10H2,1-3H3,(H,20,22). The number of hydrogen-bond acceptors (Lipinski definition) is 5. The van der Waals surface area contributed by atoms with Crippen LogP contribution in [0.4, 0.5) is 10.7 Å². The van der Waals surface area contributed by atoms with Crippen molar-refractivity contribution >= 4 is 33.6 Å². The number of nitrogens with one attached hydrogen (secondary N) is 1. The van der Waals surface area contributed by atoms with E-state index in [1.807, 2.05) is 44.0 Å². The van der Waals surface area contributed by atoms with E-state index in [4.69, 9.17) is 4.74 Å². The van der Waals surface area contributed by atoms with Gasteiger partial charge >= 0.3 is 6.09 Å². The quantitative estimate of drug-likeness (QED) is 0.802. The first-order valence-corrected chi connectivity index (χ1v) is 9.85. The second kappa shape index (κ2) is 6.40. The molecule has 0 spiro atoms. The fraction of sp³-hybridized carbons (Fsp3) is 0.611. The topological polar surface area (TPSA) is 71.8 Å². The number of amides is 1. The number of piperidine rings is 1. The lowest BCUT2D eigenvalue weighted by atomic mass is 9.92. The molecule has 0 radical (unpaired) electrons. The summed E-state index contributed by atoms with van der Waals surface area (Å²) in [6, 6.07) is 4.18. The van der Waals surface area contributed by atoms with Gasteiger partial charge in [0.1, 0.15) is 5.60 Å². The minimum Gasteiger partial charge on any atom is -0.444 e. The Bertz CT molecular complexity index is 817. The number of ether oxygens (including phenoxy) is 1. The average Bonchev–Trinajstić information content (AvgIpc) is 3.04. The monoisotopic (exact) mass is 421 g/mol. The summed E-state index contributed by atoms with van der Waals surface area (Å²) >= 11 is 3.51. The number of fused-ring (bicyclic) bond motifs is 3. The Balaban J connectivity index is 1.46. The van der Waals surface area contributed by atoms with Crippen molar-refractivity contribution in [3.63, 3.8) is 0 Å². The highest BCUT2D eigenvalue weighted by Crippen LogP contribution is 2.39. The number of halogens is 1. The van der Waals surface area contributed by atoms with Crippen LogP contribution in [0.3, 0.4) is 0 Å². The van der Waals surface area contributed by atoms with Crippen molar-refractivity contribution in [2.24, 2.45) is 11.8 Å². The van der Waals surface area contributed by atoms with E-state index in [1.165, 1.54) is 0 Å². The highest BCUT2D eigenvalue weighted by molar-refractivity contribution is 9.10. The number of carbonyl (C=O) groups is 1. The molecule has 140 valence electrons. The van der Waals surface area contributed by atoms with Gasteiger partial charge in [-0.2, -0.15) is 4.98 Å². The van der Waals surface area contributed by atoms with Gasteiger partial charge in [0.15, 0.2) is 5.65 Å². The van der Waals surface area contributed by atoms with Gasteiger partial charge in [0.2, 0.25) is 5.95 Å². The molecule has 1 N–H and O–H groups in total. The van der Waals surface area contributed by atoms with E-state index in [9.17, 15) is 4.79 Å². The van der Waals surface area contributed by atoms with Crippen LogP contribution < -0.4 is 5.32 Å². The first-order valence-electron chi connectivity index (χ1n) is 9.05. The summed E-state index contributed by atoms with van der Waals surface area (Å²) in [7, 11) is 0. The van der Waals surface area contributed by atoms with Crippen molar-refractivity contribution in [3.8, 4) is 0 Å². The van der Waals surface area contributed by atoms with Crippen molar-refractivity contribution in [1.29, 1.82) is 0 Å². The number of aromatic nitrogens is 3. The third-order valence-corrected chi connectivity index (χ3v) is 5.71. The van der Waals surface area contributed by atoms with Gasteiger partial charge in [-0.25, -0.2) is 9.31 Å². The van der Waals surface area contributed by atoms with Crippen LogP contribution >= 0.6 is 15.9 Å². The fourth-order valence-corrected chi connectivity index (χ4v) is 4.44. The maximum atomic E-state index is 12.4. The minimum absolute atomic E-state index is 0.206. The smallest absolute Gasteiger partial charge is 0.410 e. The lowest BCUT2D eigenvalue weighted by Gasteiger charge is -2.38. The van der Waals surface area contributed by atoms with Gasteiger partial charge in [-0.05, 0) is 73.5 Å². The van der Waals surface area contributed by atoms with Gasteiger partial charge in [-0.15, -0.1) is 5.10 Å². The van der Waals surface area contributed by atoms with E-state index < -0.39 is 5.60 Å². The van der Waals surface area contributed by atoms with Crippen LogP contribution in [0.5, 0.6) is 0 Å². The Labute approximate surface area is 161 Å². The highest BCUT2D eigenvalue weighted by atomic mass is 79.9. The largest absolute Gasteiger partial charge is 0.444 e. The Morgan fingerprint density at radius 1 is 1.31 bits per heavy atom. The summed E-state index contributed by atoms with van der Waals surface area (Å²) in [5.41, 5.74) is 0.340. The minimum atomic E-state index is -0.459. The Hall–Kier alpha value is -1.83. The molecule has 1 saturated carbocycles. The molecular formula is C18H24BrN5O2. The molecule has 1 aliphatic carbocycles. The van der Waals surface area contributed by atoms with E-state index in [1.54, 1.807) is 4.52 Å². The van der Waals surface area contributed by atoms with Crippen LogP contribution in [0.15, 0.2) is 22.8 Å². The third-order valence-electron chi connectivity index (χ3n) is 5.10. The molecule has 4 rings (SSSR count). The van der Waals surface area contributed by atoms with Crippen LogP contribution in [0.1, 0.15) is 33.6 Å². The molecule has 26 heavy (non-hydrogen) atoms. The summed E-state index contributed by atoms with van der Waals surface area (Å²) in [6.45, 7) is 7.16. The van der Waals surface area contributed by atoms with Crippen molar-refractivity contribution < 1.29 is 9.53 Å². The van der Waals surface area contributed by atoms with E-state index in [0.29, 0.717) is 23.8 Å². The average molecular weight is 422 g/mol. The Kier molecular flexibility index (Phi) is 4.33. The van der Waals surface area contributed by atoms with E-state index in [2.05, 4.69) is 31.3 Å². The van der Waals surface area contributed by atoms with E-state index in [-0.39, 0.29) is 6.09 Å². The lowest BCUT2D eigenvalue weighted by Crippen LogP contribution is -2.51. The molecule has 1 amide bonds. The molecule has 7 nitrogen and oxygen atoms in total. The highest BCUT2D eigenvalue weighted by Gasteiger charge is 2.44. The summed E-state index contributed by atoms with van der Waals surface area (Å²) in [5.74, 6) is 1.44. The zero-order valence-electron chi connectivity index (χ0n) is 15.3. The second-order valence-electron chi connectivity index (χ2n) is 8.21. The molecule has 2 aliphatic rings. The summed E-state index contributed by atoms with van der Waals surface area (Å²) in [5, 5.41) is 8.05. The predicted octanol–water partition coefficient (Wildman–Crippen LogP) is 3.55. The van der Waals surface area contributed by atoms with E-state index >= 15 is 0 Å². The van der Waals surface area contributed by atoms with Gasteiger partial charge in [-0.1, -0.05) is 0 Å². The second-order valence-corrected chi connectivity index (χ2v) is 9.07. The molecule has 2 aromatic heterocycles. The molecule has 2 fully saturated rings. The molecule has 2 unspecified atom stereocenters. The Morgan fingerprint density at radius 3 is 2.62 bits per heavy atom. The molecule has 3 heterocycles. The summed E-state index contributed by atoms with van der Waals surface area (Å²) < 4.78 is 8.23. The summed E-state index contributed by atoms with van der Waals surface area (Å²) in [4.78, 5) is 18.9. The molecule has 2 atom stereocenters. The third kappa shape index (κ3) is 3.39. The van der Waals surface area contributed by atoms with Gasteiger partial charge in [0.25, 0.3) is 0 Å².